The number of hydrogen-bond donors (Lipinski definition) is 1. The summed E-state index contributed by atoms with van der Waals surface area (Å²) in [4.78, 5) is 12.5. The van der Waals surface area contributed by atoms with Crippen molar-refractivity contribution in [3.63, 3.8) is 0 Å². The van der Waals surface area contributed by atoms with Gasteiger partial charge in [0.1, 0.15) is 5.82 Å². The summed E-state index contributed by atoms with van der Waals surface area (Å²) in [5.41, 5.74) is 0.283. The van der Waals surface area contributed by atoms with Crippen LogP contribution in [0.4, 0.5) is 18.9 Å². The zero-order chi connectivity index (χ0) is 16.3. The summed E-state index contributed by atoms with van der Waals surface area (Å²) in [6, 6.07) is 7.02. The maximum atomic E-state index is 13.1. The molecule has 22 heavy (non-hydrogen) atoms. The number of rotatable bonds is 4. The normalized spacial score (nSPS) is 12.0. The molecule has 1 N–H and O–H groups in total. The highest BCUT2D eigenvalue weighted by Gasteiger charge is 2.17. The van der Waals surface area contributed by atoms with E-state index in [1.165, 1.54) is 18.2 Å². The first-order valence-corrected chi connectivity index (χ1v) is 7.50. The van der Waals surface area contributed by atoms with Gasteiger partial charge >= 0.3 is 0 Å². The van der Waals surface area contributed by atoms with E-state index >= 15 is 0 Å². The Morgan fingerprint density at radius 1 is 1.14 bits per heavy atom. The number of anilines is 1. The minimum atomic E-state index is -0.973. The van der Waals surface area contributed by atoms with Crippen molar-refractivity contribution < 1.29 is 18.0 Å². The highest BCUT2D eigenvalue weighted by atomic mass is 35.5. The van der Waals surface area contributed by atoms with Crippen LogP contribution in [0.1, 0.15) is 6.92 Å². The van der Waals surface area contributed by atoms with Crippen molar-refractivity contribution in [3.8, 4) is 0 Å². The first-order valence-electron chi connectivity index (χ1n) is 6.24. The van der Waals surface area contributed by atoms with Gasteiger partial charge in [-0.25, -0.2) is 13.2 Å². The zero-order valence-electron chi connectivity index (χ0n) is 11.4. The SMILES string of the molecule is C[C@@H](Sc1ccc(F)c(F)c1)C(=O)Nc1ccc(F)cc1Cl. The smallest absolute Gasteiger partial charge is 0.237 e. The molecule has 2 aromatic carbocycles. The van der Waals surface area contributed by atoms with Crippen molar-refractivity contribution in [2.75, 3.05) is 5.32 Å². The fourth-order valence-corrected chi connectivity index (χ4v) is 2.74. The van der Waals surface area contributed by atoms with E-state index in [1.54, 1.807) is 6.92 Å². The molecular formula is C15H11ClF3NOS. The lowest BCUT2D eigenvalue weighted by atomic mass is 10.3. The van der Waals surface area contributed by atoms with Gasteiger partial charge < -0.3 is 5.32 Å². The summed E-state index contributed by atoms with van der Waals surface area (Å²) in [5, 5.41) is 2.06. The van der Waals surface area contributed by atoms with Crippen molar-refractivity contribution in [2.45, 2.75) is 17.1 Å². The molecule has 0 heterocycles. The number of carbonyl (C=O) groups excluding carboxylic acids is 1. The van der Waals surface area contributed by atoms with Crippen LogP contribution in [-0.2, 0) is 4.79 Å². The quantitative estimate of drug-likeness (QED) is 0.800. The Labute approximate surface area is 134 Å². The second-order valence-corrected chi connectivity index (χ2v) is 6.27. The van der Waals surface area contributed by atoms with Crippen LogP contribution in [0, 0.1) is 17.5 Å². The van der Waals surface area contributed by atoms with Gasteiger partial charge in [0.2, 0.25) is 5.91 Å². The third-order valence-electron chi connectivity index (χ3n) is 2.76. The third kappa shape index (κ3) is 4.18. The van der Waals surface area contributed by atoms with Gasteiger partial charge in [0.05, 0.1) is 16.0 Å². The van der Waals surface area contributed by atoms with Crippen LogP contribution in [-0.4, -0.2) is 11.2 Å². The number of nitrogens with one attached hydrogen (secondary N) is 1. The van der Waals surface area contributed by atoms with Gasteiger partial charge in [-0.15, -0.1) is 11.8 Å². The lowest BCUT2D eigenvalue weighted by Gasteiger charge is -2.13. The number of amides is 1. The van der Waals surface area contributed by atoms with E-state index in [9.17, 15) is 18.0 Å². The van der Waals surface area contributed by atoms with E-state index in [4.69, 9.17) is 11.6 Å². The van der Waals surface area contributed by atoms with E-state index in [-0.39, 0.29) is 16.6 Å². The summed E-state index contributed by atoms with van der Waals surface area (Å²) in [5.74, 6) is -2.81. The minimum Gasteiger partial charge on any atom is -0.324 e. The zero-order valence-corrected chi connectivity index (χ0v) is 12.9. The fourth-order valence-electron chi connectivity index (χ4n) is 1.63. The monoisotopic (exact) mass is 345 g/mol. The topological polar surface area (TPSA) is 29.1 Å². The van der Waals surface area contributed by atoms with Crippen LogP contribution in [0.2, 0.25) is 5.02 Å². The molecule has 2 aromatic rings. The van der Waals surface area contributed by atoms with Crippen molar-refractivity contribution in [3.05, 3.63) is 58.9 Å². The minimum absolute atomic E-state index is 0.0818. The van der Waals surface area contributed by atoms with E-state index in [2.05, 4.69) is 5.32 Å². The molecular weight excluding hydrogens is 335 g/mol. The van der Waals surface area contributed by atoms with Gasteiger partial charge in [-0.2, -0.15) is 0 Å². The molecule has 2 rings (SSSR count). The van der Waals surface area contributed by atoms with Crippen molar-refractivity contribution in [1.82, 2.24) is 0 Å². The number of hydrogen-bond acceptors (Lipinski definition) is 2. The molecule has 1 atom stereocenters. The van der Waals surface area contributed by atoms with Gasteiger partial charge in [-0.3, -0.25) is 4.79 Å². The highest BCUT2D eigenvalue weighted by Crippen LogP contribution is 2.27. The average molecular weight is 346 g/mol. The molecule has 0 fully saturated rings. The number of benzene rings is 2. The van der Waals surface area contributed by atoms with E-state index in [0.29, 0.717) is 4.90 Å². The summed E-state index contributed by atoms with van der Waals surface area (Å²) >= 11 is 6.89. The fraction of sp³-hybridized carbons (Fsp3) is 0.133. The van der Waals surface area contributed by atoms with Crippen molar-refractivity contribution >= 4 is 35.0 Å². The molecule has 0 aromatic heterocycles. The summed E-state index contributed by atoms with van der Waals surface area (Å²) in [6.45, 7) is 1.61. The Kier molecular flexibility index (Phi) is 5.37. The molecule has 0 aliphatic rings. The molecule has 0 aliphatic carbocycles. The molecule has 116 valence electrons. The van der Waals surface area contributed by atoms with E-state index < -0.39 is 22.7 Å². The van der Waals surface area contributed by atoms with Gasteiger partial charge in [-0.05, 0) is 43.3 Å². The van der Waals surface area contributed by atoms with Crippen LogP contribution < -0.4 is 5.32 Å². The standard InChI is InChI=1S/C15H11ClF3NOS/c1-8(22-10-3-4-12(18)13(19)7-10)15(21)20-14-5-2-9(17)6-11(14)16/h2-8H,1H3,(H,20,21)/t8-/m1/s1. The number of carbonyl (C=O) groups is 1. The predicted molar refractivity (Wildman–Crippen MR) is 81.7 cm³/mol. The second-order valence-electron chi connectivity index (χ2n) is 4.45. The molecule has 0 saturated heterocycles. The maximum absolute atomic E-state index is 13.1. The van der Waals surface area contributed by atoms with Crippen molar-refractivity contribution in [1.29, 1.82) is 0 Å². The van der Waals surface area contributed by atoms with E-state index in [1.807, 2.05) is 0 Å². The number of thioether (sulfide) groups is 1. The largest absolute Gasteiger partial charge is 0.324 e. The average Bonchev–Trinajstić information content (AvgIpc) is 2.45. The van der Waals surface area contributed by atoms with Gasteiger partial charge in [0, 0.05) is 4.90 Å². The molecule has 0 unspecified atom stereocenters. The lowest BCUT2D eigenvalue weighted by Crippen LogP contribution is -2.22. The Bertz CT molecular complexity index is 711. The molecule has 0 bridgehead atoms. The molecule has 7 heteroatoms. The Morgan fingerprint density at radius 3 is 2.50 bits per heavy atom. The molecule has 0 spiro atoms. The van der Waals surface area contributed by atoms with Crippen molar-refractivity contribution in [2.24, 2.45) is 0 Å². The molecule has 2 nitrogen and oxygen atoms in total. The third-order valence-corrected chi connectivity index (χ3v) is 4.17. The summed E-state index contributed by atoms with van der Waals surface area (Å²) < 4.78 is 38.9. The number of halogens is 4. The Hall–Kier alpha value is -1.66. The first kappa shape index (κ1) is 16.7. The predicted octanol–water partition coefficient (Wildman–Crippen LogP) is 4.88. The van der Waals surface area contributed by atoms with Crippen LogP contribution in [0.25, 0.3) is 0 Å². The maximum Gasteiger partial charge on any atom is 0.237 e. The Balaban J connectivity index is 2.04. The van der Waals surface area contributed by atoms with Crippen LogP contribution in [0.15, 0.2) is 41.3 Å². The van der Waals surface area contributed by atoms with Gasteiger partial charge in [-0.1, -0.05) is 11.6 Å². The molecule has 0 radical (unpaired) electrons. The Morgan fingerprint density at radius 2 is 1.86 bits per heavy atom. The lowest BCUT2D eigenvalue weighted by molar-refractivity contribution is -0.115. The summed E-state index contributed by atoms with van der Waals surface area (Å²) in [7, 11) is 0. The van der Waals surface area contributed by atoms with Gasteiger partial charge in [0.15, 0.2) is 11.6 Å². The van der Waals surface area contributed by atoms with Gasteiger partial charge in [0.25, 0.3) is 0 Å². The highest BCUT2D eigenvalue weighted by molar-refractivity contribution is 8.00. The first-order chi connectivity index (χ1) is 10.4. The molecule has 1 amide bonds. The van der Waals surface area contributed by atoms with Crippen LogP contribution in [0.5, 0.6) is 0 Å². The second kappa shape index (κ2) is 7.07. The van der Waals surface area contributed by atoms with Crippen LogP contribution >= 0.6 is 23.4 Å². The summed E-state index contributed by atoms with van der Waals surface area (Å²) in [6.07, 6.45) is 0. The molecule has 0 aliphatic heterocycles. The molecule has 0 saturated carbocycles. The van der Waals surface area contributed by atoms with Crippen LogP contribution in [0.3, 0.4) is 0 Å². The van der Waals surface area contributed by atoms with E-state index in [0.717, 1.165) is 30.0 Å².